The van der Waals surface area contributed by atoms with Crippen LogP contribution >= 0.6 is 24.0 Å². The largest absolute Gasteiger partial charge is 0.370 e. The monoisotopic (exact) mass is 412 g/mol. The van der Waals surface area contributed by atoms with Gasteiger partial charge in [0.2, 0.25) is 5.91 Å². The Labute approximate surface area is 148 Å². The molecule has 1 aromatic carbocycles. The Hall–Kier alpha value is -1.75. The van der Waals surface area contributed by atoms with Crippen LogP contribution in [0.15, 0.2) is 29.3 Å². The molecule has 0 heterocycles. The quantitative estimate of drug-likeness (QED) is 0.299. The number of carbonyl (C=O) groups is 1. The van der Waals surface area contributed by atoms with Gasteiger partial charge in [-0.15, -0.1) is 30.4 Å². The van der Waals surface area contributed by atoms with Crippen molar-refractivity contribution in [3.05, 3.63) is 29.8 Å². The first-order chi connectivity index (χ1) is 10.2. The second-order valence-corrected chi connectivity index (χ2v) is 5.15. The van der Waals surface area contributed by atoms with Crippen LogP contribution in [0.2, 0.25) is 0 Å². The summed E-state index contributed by atoms with van der Waals surface area (Å²) in [5.41, 5.74) is 7.10. The van der Waals surface area contributed by atoms with E-state index in [4.69, 9.17) is 12.2 Å². The predicted octanol–water partition coefficient (Wildman–Crippen LogP) is 1.93. The van der Waals surface area contributed by atoms with Gasteiger partial charge >= 0.3 is 0 Å². The lowest BCUT2D eigenvalue weighted by atomic mass is 9.85. The molecule has 0 aliphatic heterocycles. The summed E-state index contributed by atoms with van der Waals surface area (Å²) in [5, 5.41) is 5.78. The van der Waals surface area contributed by atoms with Crippen LogP contribution in [0.4, 0.5) is 5.69 Å². The lowest BCUT2D eigenvalue weighted by molar-refractivity contribution is -0.114. The highest BCUT2D eigenvalue weighted by Gasteiger charge is 2.16. The molecule has 0 unspecified atom stereocenters. The van der Waals surface area contributed by atoms with Gasteiger partial charge in [-0.1, -0.05) is 18.4 Å². The topological polar surface area (TPSA) is 79.5 Å². The Balaban J connectivity index is 0.00000242. The van der Waals surface area contributed by atoms with Gasteiger partial charge in [0.25, 0.3) is 0 Å². The van der Waals surface area contributed by atoms with Crippen molar-refractivity contribution in [1.29, 1.82) is 0 Å². The van der Waals surface area contributed by atoms with E-state index in [1.54, 1.807) is 24.3 Å². The summed E-state index contributed by atoms with van der Waals surface area (Å²) in [6, 6.07) is 7.11. The van der Waals surface area contributed by atoms with Gasteiger partial charge in [0.05, 0.1) is 0 Å². The van der Waals surface area contributed by atoms with E-state index in [9.17, 15) is 4.79 Å². The summed E-state index contributed by atoms with van der Waals surface area (Å²) in [4.78, 5) is 15.8. The number of aliphatic imine (C=N–C) groups is 1. The lowest BCUT2D eigenvalue weighted by Crippen LogP contribution is -2.37. The molecule has 0 radical (unpaired) electrons. The van der Waals surface area contributed by atoms with Crippen molar-refractivity contribution in [3.63, 3.8) is 0 Å². The van der Waals surface area contributed by atoms with Gasteiger partial charge in [0, 0.05) is 17.8 Å². The van der Waals surface area contributed by atoms with E-state index in [0.717, 1.165) is 12.1 Å². The minimum Gasteiger partial charge on any atom is -0.370 e. The van der Waals surface area contributed by atoms with Crippen molar-refractivity contribution in [3.8, 4) is 12.3 Å². The fourth-order valence-corrected chi connectivity index (χ4v) is 2.05. The highest BCUT2D eigenvalue weighted by molar-refractivity contribution is 14.0. The number of benzene rings is 1. The standard InChI is InChI=1S/C16H20N4O.HI/c1-2-12-5-4-8-14(9-12)20-15(21)11-19-16(17)18-10-13-6-3-7-13;/h1,4-5,8-9,13H,3,6-7,10-11H2,(H,20,21)(H3,17,18,19);1H. The summed E-state index contributed by atoms with van der Waals surface area (Å²) in [5.74, 6) is 3.30. The number of nitrogens with zero attached hydrogens (tertiary/aromatic N) is 1. The first-order valence-corrected chi connectivity index (χ1v) is 7.07. The number of guanidine groups is 1. The number of terminal acetylenes is 1. The average molecular weight is 412 g/mol. The normalized spacial score (nSPS) is 14.2. The molecule has 2 rings (SSSR count). The molecule has 5 nitrogen and oxygen atoms in total. The molecular formula is C16H21IN4O. The van der Waals surface area contributed by atoms with E-state index < -0.39 is 0 Å². The zero-order chi connectivity index (χ0) is 15.1. The molecule has 0 bridgehead atoms. The fourth-order valence-electron chi connectivity index (χ4n) is 2.05. The maximum Gasteiger partial charge on any atom is 0.246 e. The van der Waals surface area contributed by atoms with Crippen molar-refractivity contribution in [2.75, 3.05) is 18.4 Å². The average Bonchev–Trinajstić information content (AvgIpc) is 2.43. The Bertz CT molecular complexity index is 576. The molecule has 6 heteroatoms. The number of amides is 1. The number of nitrogens with one attached hydrogen (secondary N) is 2. The van der Waals surface area contributed by atoms with E-state index in [1.165, 1.54) is 19.3 Å². The van der Waals surface area contributed by atoms with E-state index in [0.29, 0.717) is 17.6 Å². The third-order valence-corrected chi connectivity index (χ3v) is 3.50. The number of hydrogen-bond acceptors (Lipinski definition) is 2. The van der Waals surface area contributed by atoms with Crippen LogP contribution in [0, 0.1) is 18.3 Å². The van der Waals surface area contributed by atoms with Gasteiger partial charge in [-0.05, 0) is 37.0 Å². The lowest BCUT2D eigenvalue weighted by Gasteiger charge is -2.25. The number of halogens is 1. The molecule has 0 saturated heterocycles. The van der Waals surface area contributed by atoms with E-state index in [2.05, 4.69) is 21.5 Å². The van der Waals surface area contributed by atoms with Crippen LogP contribution in [0.25, 0.3) is 0 Å². The molecule has 118 valence electrons. The minimum absolute atomic E-state index is 0. The van der Waals surface area contributed by atoms with Gasteiger partial charge < -0.3 is 16.4 Å². The Morgan fingerprint density at radius 1 is 1.45 bits per heavy atom. The molecule has 1 aromatic rings. The van der Waals surface area contributed by atoms with Gasteiger partial charge in [-0.25, -0.2) is 4.99 Å². The fraction of sp³-hybridized carbons (Fsp3) is 0.375. The van der Waals surface area contributed by atoms with Crippen molar-refractivity contribution in [2.24, 2.45) is 16.6 Å². The molecule has 0 aromatic heterocycles. The van der Waals surface area contributed by atoms with Gasteiger partial charge in [-0.3, -0.25) is 4.79 Å². The summed E-state index contributed by atoms with van der Waals surface area (Å²) in [6.07, 6.45) is 9.09. The zero-order valence-electron chi connectivity index (χ0n) is 12.3. The van der Waals surface area contributed by atoms with Crippen LogP contribution in [-0.4, -0.2) is 25.0 Å². The Morgan fingerprint density at radius 3 is 2.86 bits per heavy atom. The van der Waals surface area contributed by atoms with Crippen LogP contribution in [0.1, 0.15) is 24.8 Å². The number of anilines is 1. The molecule has 1 amide bonds. The summed E-state index contributed by atoms with van der Waals surface area (Å²) in [6.45, 7) is 0.824. The molecule has 0 spiro atoms. The molecule has 0 atom stereocenters. The van der Waals surface area contributed by atoms with E-state index in [-0.39, 0.29) is 36.4 Å². The smallest absolute Gasteiger partial charge is 0.246 e. The van der Waals surface area contributed by atoms with Crippen molar-refractivity contribution >= 4 is 41.5 Å². The van der Waals surface area contributed by atoms with E-state index >= 15 is 0 Å². The molecule has 1 fully saturated rings. The molecule has 22 heavy (non-hydrogen) atoms. The van der Waals surface area contributed by atoms with Crippen molar-refractivity contribution in [2.45, 2.75) is 19.3 Å². The van der Waals surface area contributed by atoms with Gasteiger partial charge in [-0.2, -0.15) is 0 Å². The molecule has 1 saturated carbocycles. The number of rotatable bonds is 5. The molecular weight excluding hydrogens is 391 g/mol. The number of hydrogen-bond donors (Lipinski definition) is 3. The third-order valence-electron chi connectivity index (χ3n) is 3.50. The Morgan fingerprint density at radius 2 is 2.23 bits per heavy atom. The predicted molar refractivity (Wildman–Crippen MR) is 100 cm³/mol. The van der Waals surface area contributed by atoms with E-state index in [1.807, 2.05) is 0 Å². The SMILES string of the molecule is C#Cc1cccc(NC(=O)CN=C(N)NCC2CCC2)c1.I. The van der Waals surface area contributed by atoms with Crippen LogP contribution in [0.3, 0.4) is 0 Å². The van der Waals surface area contributed by atoms with Crippen molar-refractivity contribution < 1.29 is 4.79 Å². The number of carbonyl (C=O) groups excluding carboxylic acids is 1. The summed E-state index contributed by atoms with van der Waals surface area (Å²) < 4.78 is 0. The van der Waals surface area contributed by atoms with Crippen LogP contribution < -0.4 is 16.4 Å². The summed E-state index contributed by atoms with van der Waals surface area (Å²) in [7, 11) is 0. The van der Waals surface area contributed by atoms with Crippen molar-refractivity contribution in [1.82, 2.24) is 5.32 Å². The first kappa shape index (κ1) is 18.3. The molecule has 1 aliphatic carbocycles. The maximum absolute atomic E-state index is 11.8. The van der Waals surface area contributed by atoms with Crippen LogP contribution in [0.5, 0.6) is 0 Å². The summed E-state index contributed by atoms with van der Waals surface area (Å²) >= 11 is 0. The third kappa shape index (κ3) is 5.93. The number of nitrogens with two attached hydrogens (primary N) is 1. The first-order valence-electron chi connectivity index (χ1n) is 7.07. The minimum atomic E-state index is -0.224. The zero-order valence-corrected chi connectivity index (χ0v) is 14.7. The highest BCUT2D eigenvalue weighted by atomic mass is 127. The van der Waals surface area contributed by atoms with Gasteiger partial charge in [0.15, 0.2) is 5.96 Å². The van der Waals surface area contributed by atoms with Gasteiger partial charge in [0.1, 0.15) is 6.54 Å². The molecule has 1 aliphatic rings. The van der Waals surface area contributed by atoms with Crippen LogP contribution in [-0.2, 0) is 4.79 Å². The second kappa shape index (κ2) is 9.30. The second-order valence-electron chi connectivity index (χ2n) is 5.15. The maximum atomic E-state index is 11.8. The highest BCUT2D eigenvalue weighted by Crippen LogP contribution is 2.24. The Kier molecular flexibility index (Phi) is 7.74. The molecule has 4 N–H and O–H groups in total.